The normalized spacial score (nSPS) is 17.2. The Bertz CT molecular complexity index is 991. The quantitative estimate of drug-likeness (QED) is 0.540. The van der Waals surface area contributed by atoms with E-state index in [1.807, 2.05) is 24.3 Å². The zero-order valence-electron chi connectivity index (χ0n) is 18.7. The lowest BCUT2D eigenvalue weighted by Crippen LogP contribution is -2.25. The first-order chi connectivity index (χ1) is 15.6. The van der Waals surface area contributed by atoms with Crippen LogP contribution in [0.3, 0.4) is 0 Å². The number of ether oxygens (including phenoxy) is 1. The SMILES string of the molecule is CCCCOc1ccc(C2=NC3(CCCCC3)N=C2SCC(=O)Nc2cc(C)on2)cc1. The number of nitrogens with zero attached hydrogens (tertiary/aromatic N) is 3. The Balaban J connectivity index is 1.46. The van der Waals surface area contributed by atoms with Crippen molar-refractivity contribution in [2.75, 3.05) is 17.7 Å². The van der Waals surface area contributed by atoms with Crippen LogP contribution in [0.4, 0.5) is 5.82 Å². The molecule has 1 aromatic carbocycles. The molecule has 170 valence electrons. The molecule has 0 bridgehead atoms. The molecular weight excluding hydrogens is 424 g/mol. The molecule has 0 unspecified atom stereocenters. The first-order valence-corrected chi connectivity index (χ1v) is 12.3. The Morgan fingerprint density at radius 2 is 1.97 bits per heavy atom. The van der Waals surface area contributed by atoms with Gasteiger partial charge in [-0.25, -0.2) is 4.99 Å². The van der Waals surface area contributed by atoms with Crippen LogP contribution in [0.25, 0.3) is 0 Å². The second-order valence-corrected chi connectivity index (χ2v) is 9.27. The number of hydrogen-bond acceptors (Lipinski definition) is 7. The fourth-order valence-corrected chi connectivity index (χ4v) is 4.81. The Hall–Kier alpha value is -2.61. The van der Waals surface area contributed by atoms with Crippen LogP contribution < -0.4 is 10.1 Å². The molecule has 1 aliphatic carbocycles. The largest absolute Gasteiger partial charge is 0.494 e. The van der Waals surface area contributed by atoms with Crippen LogP contribution in [-0.2, 0) is 4.79 Å². The summed E-state index contributed by atoms with van der Waals surface area (Å²) < 4.78 is 10.8. The van der Waals surface area contributed by atoms with Crippen molar-refractivity contribution in [1.29, 1.82) is 0 Å². The third kappa shape index (κ3) is 5.59. The zero-order valence-corrected chi connectivity index (χ0v) is 19.5. The number of nitrogens with one attached hydrogen (secondary N) is 1. The molecule has 4 rings (SSSR count). The van der Waals surface area contributed by atoms with E-state index >= 15 is 0 Å². The molecule has 1 aliphatic heterocycles. The minimum absolute atomic E-state index is 0.144. The number of aryl methyl sites for hydroxylation is 1. The van der Waals surface area contributed by atoms with Gasteiger partial charge in [0.05, 0.1) is 18.1 Å². The van der Waals surface area contributed by atoms with Gasteiger partial charge in [0, 0.05) is 11.6 Å². The van der Waals surface area contributed by atoms with Crippen LogP contribution in [0.1, 0.15) is 63.2 Å². The Morgan fingerprint density at radius 1 is 1.19 bits per heavy atom. The van der Waals surface area contributed by atoms with Gasteiger partial charge in [-0.15, -0.1) is 0 Å². The minimum Gasteiger partial charge on any atom is -0.494 e. The highest BCUT2D eigenvalue weighted by Crippen LogP contribution is 2.38. The maximum atomic E-state index is 12.4. The molecule has 0 saturated heterocycles. The van der Waals surface area contributed by atoms with Gasteiger partial charge in [0.25, 0.3) is 0 Å². The topological polar surface area (TPSA) is 89.1 Å². The fraction of sp³-hybridized carbons (Fsp3) is 0.500. The van der Waals surface area contributed by atoms with Crippen molar-refractivity contribution in [3.63, 3.8) is 0 Å². The molecule has 2 aliphatic rings. The third-order valence-corrected chi connectivity index (χ3v) is 6.58. The number of thioether (sulfide) groups is 1. The van der Waals surface area contributed by atoms with E-state index in [1.165, 1.54) is 18.2 Å². The summed E-state index contributed by atoms with van der Waals surface area (Å²) in [7, 11) is 0. The van der Waals surface area contributed by atoms with E-state index in [0.29, 0.717) is 11.6 Å². The van der Waals surface area contributed by atoms with Gasteiger partial charge in [0.15, 0.2) is 11.5 Å². The summed E-state index contributed by atoms with van der Waals surface area (Å²) in [6.45, 7) is 4.66. The second kappa shape index (κ2) is 10.3. The van der Waals surface area contributed by atoms with E-state index in [-0.39, 0.29) is 17.3 Å². The highest BCUT2D eigenvalue weighted by Gasteiger charge is 2.37. The summed E-state index contributed by atoms with van der Waals surface area (Å²) in [5, 5.41) is 7.42. The highest BCUT2D eigenvalue weighted by atomic mass is 32.2. The molecular formula is C24H30N4O3S. The molecule has 1 fully saturated rings. The Morgan fingerprint density at radius 3 is 2.66 bits per heavy atom. The molecule has 0 atom stereocenters. The number of unbranched alkanes of at least 4 members (excludes halogenated alkanes) is 1. The molecule has 32 heavy (non-hydrogen) atoms. The van der Waals surface area contributed by atoms with Crippen molar-refractivity contribution in [3.8, 4) is 5.75 Å². The van der Waals surface area contributed by atoms with Gasteiger partial charge in [-0.05, 0) is 63.3 Å². The van der Waals surface area contributed by atoms with Crippen LogP contribution in [0.5, 0.6) is 5.75 Å². The number of rotatable bonds is 8. The first kappa shape index (κ1) is 22.6. The maximum Gasteiger partial charge on any atom is 0.236 e. The Labute approximate surface area is 193 Å². The molecule has 1 N–H and O–H groups in total. The van der Waals surface area contributed by atoms with Crippen molar-refractivity contribution in [2.45, 2.75) is 64.5 Å². The minimum atomic E-state index is -0.369. The maximum absolute atomic E-state index is 12.4. The summed E-state index contributed by atoms with van der Waals surface area (Å²) in [6, 6.07) is 9.75. The fourth-order valence-electron chi connectivity index (χ4n) is 3.93. The van der Waals surface area contributed by atoms with Crippen molar-refractivity contribution in [1.82, 2.24) is 5.16 Å². The van der Waals surface area contributed by atoms with Crippen LogP contribution >= 0.6 is 11.8 Å². The molecule has 2 aromatic rings. The lowest BCUT2D eigenvalue weighted by atomic mass is 9.90. The molecule has 8 heteroatoms. The molecule has 1 saturated carbocycles. The second-order valence-electron chi connectivity index (χ2n) is 8.31. The van der Waals surface area contributed by atoms with E-state index in [9.17, 15) is 4.79 Å². The zero-order chi connectivity index (χ0) is 22.4. The molecule has 1 spiro atoms. The number of aromatic nitrogens is 1. The van der Waals surface area contributed by atoms with Gasteiger partial charge in [-0.3, -0.25) is 9.79 Å². The molecule has 1 aromatic heterocycles. The van der Waals surface area contributed by atoms with Crippen molar-refractivity contribution in [3.05, 3.63) is 41.7 Å². The predicted molar refractivity (Wildman–Crippen MR) is 129 cm³/mol. The van der Waals surface area contributed by atoms with Gasteiger partial charge in [0.2, 0.25) is 5.91 Å². The predicted octanol–water partition coefficient (Wildman–Crippen LogP) is 5.40. The van der Waals surface area contributed by atoms with Gasteiger partial charge in [-0.1, -0.05) is 36.7 Å². The smallest absolute Gasteiger partial charge is 0.236 e. The van der Waals surface area contributed by atoms with E-state index < -0.39 is 0 Å². The lowest BCUT2D eigenvalue weighted by molar-refractivity contribution is -0.113. The van der Waals surface area contributed by atoms with E-state index in [1.54, 1.807) is 13.0 Å². The molecule has 2 heterocycles. The number of benzene rings is 1. The standard InChI is InChI=1S/C24H30N4O3S/c1-3-4-14-30-19-10-8-18(9-11-19)22-23(27-24(26-22)12-6-5-7-13-24)32-16-21(29)25-20-15-17(2)31-28-20/h8-11,15H,3-7,12-14,16H2,1-2H3,(H,25,28,29). The summed E-state index contributed by atoms with van der Waals surface area (Å²) >= 11 is 1.43. The number of carbonyl (C=O) groups is 1. The van der Waals surface area contributed by atoms with Gasteiger partial charge in [0.1, 0.15) is 16.6 Å². The van der Waals surface area contributed by atoms with Gasteiger partial charge in [-0.2, -0.15) is 0 Å². The first-order valence-electron chi connectivity index (χ1n) is 11.4. The number of amides is 1. The monoisotopic (exact) mass is 454 g/mol. The summed E-state index contributed by atoms with van der Waals surface area (Å²) in [5.41, 5.74) is 1.52. The molecule has 0 radical (unpaired) electrons. The van der Waals surface area contributed by atoms with Gasteiger partial charge < -0.3 is 14.6 Å². The average Bonchev–Trinajstić information content (AvgIpc) is 3.36. The third-order valence-electron chi connectivity index (χ3n) is 5.62. The average molecular weight is 455 g/mol. The highest BCUT2D eigenvalue weighted by molar-refractivity contribution is 8.16. The summed E-state index contributed by atoms with van der Waals surface area (Å²) in [5.74, 6) is 2.04. The van der Waals surface area contributed by atoms with Crippen LogP contribution in [0.15, 0.2) is 44.8 Å². The van der Waals surface area contributed by atoms with Crippen LogP contribution in [0, 0.1) is 6.92 Å². The number of aliphatic imine (C=N–C) groups is 2. The molecule has 7 nitrogen and oxygen atoms in total. The van der Waals surface area contributed by atoms with Gasteiger partial charge >= 0.3 is 0 Å². The van der Waals surface area contributed by atoms with Crippen molar-refractivity contribution >= 4 is 34.2 Å². The Kier molecular flexibility index (Phi) is 7.29. The number of hydrogen-bond donors (Lipinski definition) is 1. The lowest BCUT2D eigenvalue weighted by Gasteiger charge is -2.27. The summed E-state index contributed by atoms with van der Waals surface area (Å²) in [4.78, 5) is 22.6. The number of carbonyl (C=O) groups excluding carboxylic acids is 1. The van der Waals surface area contributed by atoms with Crippen LogP contribution in [-0.4, -0.2) is 39.8 Å². The van der Waals surface area contributed by atoms with E-state index in [0.717, 1.165) is 67.2 Å². The van der Waals surface area contributed by atoms with Crippen molar-refractivity contribution < 1.29 is 14.1 Å². The summed E-state index contributed by atoms with van der Waals surface area (Å²) in [6.07, 6.45) is 7.57. The van der Waals surface area contributed by atoms with Crippen molar-refractivity contribution in [2.24, 2.45) is 9.98 Å². The molecule has 1 amide bonds. The number of anilines is 1. The van der Waals surface area contributed by atoms with Crippen LogP contribution in [0.2, 0.25) is 0 Å². The van der Waals surface area contributed by atoms with E-state index in [4.69, 9.17) is 19.2 Å². The van der Waals surface area contributed by atoms with E-state index in [2.05, 4.69) is 17.4 Å².